The molecule has 0 amide bonds. The molecule has 0 saturated heterocycles. The second kappa shape index (κ2) is 12.5. The molecule has 0 spiro atoms. The highest BCUT2D eigenvalue weighted by atomic mass is 79.9. The van der Waals surface area contributed by atoms with E-state index in [1.165, 1.54) is 4.68 Å². The number of ether oxygens (including phenoxy) is 3. The van der Waals surface area contributed by atoms with Crippen molar-refractivity contribution in [2.75, 3.05) is 13.7 Å². The maximum atomic E-state index is 13.7. The van der Waals surface area contributed by atoms with E-state index in [0.29, 0.717) is 32.5 Å². The zero-order chi connectivity index (χ0) is 29.0. The lowest BCUT2D eigenvalue weighted by Gasteiger charge is -2.17. The van der Waals surface area contributed by atoms with Crippen molar-refractivity contribution < 1.29 is 19.0 Å². The second-order valence-electron chi connectivity index (χ2n) is 9.58. The molecule has 1 heterocycles. The summed E-state index contributed by atoms with van der Waals surface area (Å²) in [7, 11) is 1.65. The smallest absolute Gasteiger partial charge is 0.347 e. The van der Waals surface area contributed by atoms with E-state index < -0.39 is 12.1 Å². The van der Waals surface area contributed by atoms with Crippen LogP contribution in [0.25, 0.3) is 22.3 Å². The SMILES string of the molecule is CCOC(=O)[C@@H](C)Oc1ccc(C=Nn2c(-c3cc(C(C)C)c(OC)cc3C)nc3ccccc3c2=O)cc1Br. The van der Waals surface area contributed by atoms with Gasteiger partial charge in [0.15, 0.2) is 11.9 Å². The third-order valence-electron chi connectivity index (χ3n) is 6.39. The Morgan fingerprint density at radius 1 is 1.10 bits per heavy atom. The zero-order valence-electron chi connectivity index (χ0n) is 23.4. The quantitative estimate of drug-likeness (QED) is 0.160. The fourth-order valence-electron chi connectivity index (χ4n) is 4.29. The van der Waals surface area contributed by atoms with Crippen LogP contribution in [0.3, 0.4) is 0 Å². The number of carbonyl (C=O) groups excluding carboxylic acids is 1. The van der Waals surface area contributed by atoms with Crippen molar-refractivity contribution >= 4 is 39.0 Å². The van der Waals surface area contributed by atoms with E-state index in [1.807, 2.05) is 37.3 Å². The molecule has 0 bridgehead atoms. The van der Waals surface area contributed by atoms with Crippen LogP contribution in [0, 0.1) is 6.92 Å². The Kier molecular flexibility index (Phi) is 9.04. The van der Waals surface area contributed by atoms with Crippen LogP contribution >= 0.6 is 15.9 Å². The molecule has 0 aliphatic carbocycles. The highest BCUT2D eigenvalue weighted by Crippen LogP contribution is 2.34. The molecule has 3 aromatic carbocycles. The van der Waals surface area contributed by atoms with Gasteiger partial charge in [-0.15, -0.1) is 0 Å². The molecule has 1 atom stereocenters. The third-order valence-corrected chi connectivity index (χ3v) is 7.01. The number of fused-ring (bicyclic) bond motifs is 1. The van der Waals surface area contributed by atoms with Gasteiger partial charge in [-0.05, 0) is 102 Å². The molecule has 4 rings (SSSR count). The number of halogens is 1. The van der Waals surface area contributed by atoms with Crippen LogP contribution in [-0.2, 0) is 9.53 Å². The number of carbonyl (C=O) groups is 1. The number of benzene rings is 3. The molecule has 9 heteroatoms. The Bertz CT molecular complexity index is 1640. The third kappa shape index (κ3) is 6.09. The number of methoxy groups -OCH3 is 1. The van der Waals surface area contributed by atoms with Crippen molar-refractivity contribution in [3.05, 3.63) is 86.1 Å². The minimum absolute atomic E-state index is 0.197. The highest BCUT2D eigenvalue weighted by Gasteiger charge is 2.19. The molecule has 0 aliphatic rings. The van der Waals surface area contributed by atoms with Crippen LogP contribution in [0.5, 0.6) is 11.5 Å². The van der Waals surface area contributed by atoms with Crippen molar-refractivity contribution in [3.63, 3.8) is 0 Å². The van der Waals surface area contributed by atoms with Crippen LogP contribution in [0.1, 0.15) is 50.3 Å². The number of para-hydroxylation sites is 1. The van der Waals surface area contributed by atoms with Crippen molar-refractivity contribution in [1.82, 2.24) is 9.66 Å². The largest absolute Gasteiger partial charge is 0.496 e. The molecule has 8 nitrogen and oxygen atoms in total. The average molecular weight is 607 g/mol. The fraction of sp³-hybridized carbons (Fsp3) is 0.290. The first kappa shape index (κ1) is 29.0. The number of aromatic nitrogens is 2. The fourth-order valence-corrected chi connectivity index (χ4v) is 4.78. The molecule has 208 valence electrons. The summed E-state index contributed by atoms with van der Waals surface area (Å²) in [5, 5.41) is 5.06. The van der Waals surface area contributed by atoms with Crippen LogP contribution in [0.4, 0.5) is 0 Å². The van der Waals surface area contributed by atoms with E-state index in [9.17, 15) is 9.59 Å². The number of nitrogens with zero attached hydrogens (tertiary/aromatic N) is 3. The maximum Gasteiger partial charge on any atom is 0.347 e. The lowest BCUT2D eigenvalue weighted by atomic mass is 9.96. The summed E-state index contributed by atoms with van der Waals surface area (Å²) in [6.45, 7) is 9.80. The molecular formula is C31H32BrN3O5. The van der Waals surface area contributed by atoms with Gasteiger partial charge >= 0.3 is 5.97 Å². The summed E-state index contributed by atoms with van der Waals surface area (Å²) in [4.78, 5) is 30.5. The van der Waals surface area contributed by atoms with Gasteiger partial charge in [0, 0.05) is 5.56 Å². The van der Waals surface area contributed by atoms with Crippen LogP contribution in [0.15, 0.2) is 69.0 Å². The van der Waals surface area contributed by atoms with Gasteiger partial charge in [-0.2, -0.15) is 9.78 Å². The predicted molar refractivity (Wildman–Crippen MR) is 161 cm³/mol. The summed E-state index contributed by atoms with van der Waals surface area (Å²) in [5.74, 6) is 1.47. The van der Waals surface area contributed by atoms with Crippen molar-refractivity contribution in [1.29, 1.82) is 0 Å². The maximum absolute atomic E-state index is 13.7. The Morgan fingerprint density at radius 3 is 2.52 bits per heavy atom. The van der Waals surface area contributed by atoms with E-state index in [0.717, 1.165) is 22.4 Å². The van der Waals surface area contributed by atoms with Crippen LogP contribution < -0.4 is 15.0 Å². The molecule has 0 N–H and O–H groups in total. The van der Waals surface area contributed by atoms with Gasteiger partial charge < -0.3 is 14.2 Å². The van der Waals surface area contributed by atoms with Gasteiger partial charge in [0.1, 0.15) is 11.5 Å². The lowest BCUT2D eigenvalue weighted by Crippen LogP contribution is -2.26. The summed E-state index contributed by atoms with van der Waals surface area (Å²) < 4.78 is 18.3. The van der Waals surface area contributed by atoms with Crippen LogP contribution in [0.2, 0.25) is 0 Å². The molecule has 0 fully saturated rings. The summed E-state index contributed by atoms with van der Waals surface area (Å²) in [5.41, 5.74) is 3.74. The predicted octanol–water partition coefficient (Wildman–Crippen LogP) is 6.48. The van der Waals surface area contributed by atoms with Gasteiger partial charge in [0.2, 0.25) is 0 Å². The van der Waals surface area contributed by atoms with Crippen molar-refractivity contribution in [2.45, 2.75) is 46.6 Å². The van der Waals surface area contributed by atoms with Crippen LogP contribution in [-0.4, -0.2) is 41.7 Å². The van der Waals surface area contributed by atoms with Crippen molar-refractivity contribution in [3.8, 4) is 22.9 Å². The van der Waals surface area contributed by atoms with E-state index in [2.05, 4.69) is 34.9 Å². The molecule has 1 aromatic heterocycles. The molecule has 40 heavy (non-hydrogen) atoms. The summed E-state index contributed by atoms with van der Waals surface area (Å²) in [6, 6.07) is 16.5. The standard InChI is InChI=1S/C31H32BrN3O5/c1-7-39-31(37)20(5)40-27-13-12-21(15-25(27)32)17-33-35-29(34-26-11-9-8-10-22(26)30(35)36)24-16-23(18(2)3)28(38-6)14-19(24)4/h8-18,20H,7H2,1-6H3/t20-/m1/s1. The molecule has 4 aromatic rings. The summed E-state index contributed by atoms with van der Waals surface area (Å²) in [6.07, 6.45) is 0.830. The average Bonchev–Trinajstić information content (AvgIpc) is 2.93. The van der Waals surface area contributed by atoms with E-state index in [1.54, 1.807) is 51.4 Å². The van der Waals surface area contributed by atoms with Gasteiger partial charge in [0.05, 0.1) is 35.3 Å². The normalized spacial score (nSPS) is 12.2. The van der Waals surface area contributed by atoms with Gasteiger partial charge in [0.25, 0.3) is 5.56 Å². The van der Waals surface area contributed by atoms with Crippen molar-refractivity contribution in [2.24, 2.45) is 5.10 Å². The zero-order valence-corrected chi connectivity index (χ0v) is 25.0. The molecular weight excluding hydrogens is 574 g/mol. The number of hydrogen-bond acceptors (Lipinski definition) is 7. The highest BCUT2D eigenvalue weighted by molar-refractivity contribution is 9.10. The van der Waals surface area contributed by atoms with E-state index in [-0.39, 0.29) is 18.1 Å². The minimum atomic E-state index is -0.760. The monoisotopic (exact) mass is 605 g/mol. The molecule has 0 aliphatic heterocycles. The first-order chi connectivity index (χ1) is 19.1. The topological polar surface area (TPSA) is 92.0 Å². The van der Waals surface area contributed by atoms with E-state index in [4.69, 9.17) is 19.2 Å². The summed E-state index contributed by atoms with van der Waals surface area (Å²) >= 11 is 3.50. The van der Waals surface area contributed by atoms with Gasteiger partial charge in [-0.1, -0.05) is 26.0 Å². The Balaban J connectivity index is 1.79. The van der Waals surface area contributed by atoms with Gasteiger partial charge in [-0.3, -0.25) is 4.79 Å². The first-order valence-electron chi connectivity index (χ1n) is 13.0. The number of esters is 1. The number of aryl methyl sites for hydroxylation is 1. The molecule has 0 unspecified atom stereocenters. The van der Waals surface area contributed by atoms with E-state index >= 15 is 0 Å². The number of hydrogen-bond donors (Lipinski definition) is 0. The minimum Gasteiger partial charge on any atom is -0.496 e. The van der Waals surface area contributed by atoms with Gasteiger partial charge in [-0.25, -0.2) is 9.78 Å². The Labute approximate surface area is 241 Å². The molecule has 0 radical (unpaired) electrons. The Morgan fingerprint density at radius 2 is 1.85 bits per heavy atom. The second-order valence-corrected chi connectivity index (χ2v) is 10.4. The Hall–Kier alpha value is -3.98. The first-order valence-corrected chi connectivity index (χ1v) is 13.8. The molecule has 0 saturated carbocycles. The lowest BCUT2D eigenvalue weighted by molar-refractivity contribution is -0.150. The number of rotatable bonds is 9.